The van der Waals surface area contributed by atoms with Crippen LogP contribution in [0.4, 0.5) is 10.6 Å². The van der Waals surface area contributed by atoms with E-state index in [1.54, 1.807) is 19.4 Å². The van der Waals surface area contributed by atoms with Gasteiger partial charge in [0.25, 0.3) is 0 Å². The lowest BCUT2D eigenvalue weighted by Crippen LogP contribution is -2.27. The number of nitrogens with zero attached hydrogens (tertiary/aromatic N) is 1. The molecule has 0 saturated carbocycles. The third kappa shape index (κ3) is 6.19. The van der Waals surface area contributed by atoms with Crippen LogP contribution in [0, 0.1) is 11.8 Å². The molecule has 2 aromatic rings. The van der Waals surface area contributed by atoms with Crippen molar-refractivity contribution >= 4 is 11.9 Å². The van der Waals surface area contributed by atoms with Crippen molar-refractivity contribution in [1.82, 2.24) is 4.98 Å². The molecule has 25 heavy (non-hydrogen) atoms. The number of anilines is 1. The molecular weight excluding hydrogens is 316 g/mol. The van der Waals surface area contributed by atoms with Crippen LogP contribution in [0.2, 0.25) is 0 Å². The summed E-state index contributed by atoms with van der Waals surface area (Å²) in [6, 6.07) is 11.2. The largest absolute Gasteiger partial charge is 0.495 e. The van der Waals surface area contributed by atoms with Gasteiger partial charge in [-0.3, -0.25) is 5.32 Å². The zero-order chi connectivity index (χ0) is 18.3. The lowest BCUT2D eigenvalue weighted by Gasteiger charge is -2.19. The van der Waals surface area contributed by atoms with E-state index in [2.05, 4.69) is 22.1 Å². The first-order valence-electron chi connectivity index (χ1n) is 7.94. The summed E-state index contributed by atoms with van der Waals surface area (Å²) in [6.07, 6.45) is 1.63. The van der Waals surface area contributed by atoms with E-state index < -0.39 is 11.7 Å². The maximum Gasteiger partial charge on any atom is 0.413 e. The standard InChI is InChI=1S/C20H22N2O3/c1-20(2,3)25-19(23)22-18-14-15(12-13-21-18)8-7-10-16-9-5-6-11-17(16)24-4/h5-6,9,11-14H,8H2,1-4H3,(H,21,22,23). The number of carbonyl (C=O) groups excluding carboxylic acids is 1. The van der Waals surface area contributed by atoms with E-state index in [1.165, 1.54) is 0 Å². The number of hydrogen-bond donors (Lipinski definition) is 1. The first kappa shape index (κ1) is 18.3. The number of benzene rings is 1. The molecule has 0 aliphatic carbocycles. The van der Waals surface area contributed by atoms with E-state index >= 15 is 0 Å². The summed E-state index contributed by atoms with van der Waals surface area (Å²) in [5.74, 6) is 7.39. The average Bonchev–Trinajstić information content (AvgIpc) is 2.54. The number of pyridine rings is 1. The molecule has 1 aromatic carbocycles. The Morgan fingerprint density at radius 1 is 1.24 bits per heavy atom. The second-order valence-electron chi connectivity index (χ2n) is 6.36. The molecular formula is C20H22N2O3. The Labute approximate surface area is 148 Å². The maximum atomic E-state index is 11.8. The van der Waals surface area contributed by atoms with Crippen LogP contribution in [0.25, 0.3) is 0 Å². The monoisotopic (exact) mass is 338 g/mol. The summed E-state index contributed by atoms with van der Waals surface area (Å²) in [4.78, 5) is 15.9. The fraction of sp³-hybridized carbons (Fsp3) is 0.300. The lowest BCUT2D eigenvalue weighted by atomic mass is 10.1. The van der Waals surface area contributed by atoms with Crippen molar-refractivity contribution in [3.63, 3.8) is 0 Å². The molecule has 0 aliphatic heterocycles. The van der Waals surface area contributed by atoms with Crippen LogP contribution in [0.1, 0.15) is 31.9 Å². The van der Waals surface area contributed by atoms with Crippen LogP contribution in [-0.2, 0) is 11.2 Å². The van der Waals surface area contributed by atoms with Gasteiger partial charge in [0.05, 0.1) is 12.7 Å². The van der Waals surface area contributed by atoms with Gasteiger partial charge in [-0.2, -0.15) is 0 Å². The van der Waals surface area contributed by atoms with E-state index in [9.17, 15) is 4.79 Å². The van der Waals surface area contributed by atoms with E-state index in [-0.39, 0.29) is 0 Å². The Hall–Kier alpha value is -3.00. The summed E-state index contributed by atoms with van der Waals surface area (Å²) in [5.41, 5.74) is 1.23. The molecule has 1 heterocycles. The third-order valence-electron chi connectivity index (χ3n) is 3.08. The number of rotatable bonds is 3. The van der Waals surface area contributed by atoms with Crippen LogP contribution in [-0.4, -0.2) is 23.8 Å². The van der Waals surface area contributed by atoms with Crippen molar-refractivity contribution in [2.75, 3.05) is 12.4 Å². The fourth-order valence-electron chi connectivity index (χ4n) is 2.05. The number of methoxy groups -OCH3 is 1. The molecule has 5 heteroatoms. The molecule has 0 fully saturated rings. The van der Waals surface area contributed by atoms with Crippen molar-refractivity contribution in [2.45, 2.75) is 32.8 Å². The molecule has 130 valence electrons. The van der Waals surface area contributed by atoms with Crippen LogP contribution in [0.5, 0.6) is 5.75 Å². The van der Waals surface area contributed by atoms with Crippen molar-refractivity contribution in [2.24, 2.45) is 0 Å². The Balaban J connectivity index is 2.03. The van der Waals surface area contributed by atoms with Crippen LogP contribution in [0.3, 0.4) is 0 Å². The SMILES string of the molecule is COc1ccccc1C#CCc1ccnc(NC(=O)OC(C)(C)C)c1. The zero-order valence-corrected chi connectivity index (χ0v) is 14.9. The van der Waals surface area contributed by atoms with Gasteiger partial charge in [0.2, 0.25) is 0 Å². The molecule has 0 aliphatic rings. The normalized spacial score (nSPS) is 10.4. The van der Waals surface area contributed by atoms with Gasteiger partial charge < -0.3 is 9.47 Å². The van der Waals surface area contributed by atoms with Crippen molar-refractivity contribution in [3.05, 3.63) is 53.7 Å². The van der Waals surface area contributed by atoms with E-state index in [4.69, 9.17) is 9.47 Å². The number of aromatic nitrogens is 1. The maximum absolute atomic E-state index is 11.8. The number of para-hydroxylation sites is 1. The number of nitrogens with one attached hydrogen (secondary N) is 1. The summed E-state index contributed by atoms with van der Waals surface area (Å²) >= 11 is 0. The minimum atomic E-state index is -0.554. The van der Waals surface area contributed by atoms with Gasteiger partial charge in [-0.25, -0.2) is 9.78 Å². The highest BCUT2D eigenvalue weighted by Gasteiger charge is 2.16. The van der Waals surface area contributed by atoms with Gasteiger partial charge in [0, 0.05) is 12.6 Å². The van der Waals surface area contributed by atoms with Gasteiger partial charge in [-0.15, -0.1) is 0 Å². The van der Waals surface area contributed by atoms with E-state index in [1.807, 2.05) is 51.1 Å². The summed E-state index contributed by atoms with van der Waals surface area (Å²) in [7, 11) is 1.62. The predicted molar refractivity (Wildman–Crippen MR) is 97.7 cm³/mol. The molecule has 1 amide bonds. The second kappa shape index (κ2) is 8.20. The fourth-order valence-corrected chi connectivity index (χ4v) is 2.05. The smallest absolute Gasteiger partial charge is 0.413 e. The Kier molecular flexibility index (Phi) is 6.02. The molecule has 0 spiro atoms. The van der Waals surface area contributed by atoms with Gasteiger partial charge in [-0.05, 0) is 50.6 Å². The van der Waals surface area contributed by atoms with Crippen molar-refractivity contribution < 1.29 is 14.3 Å². The lowest BCUT2D eigenvalue weighted by molar-refractivity contribution is 0.0635. The summed E-state index contributed by atoms with van der Waals surface area (Å²) in [5, 5.41) is 2.62. The molecule has 1 N–H and O–H groups in total. The van der Waals surface area contributed by atoms with Crippen LogP contribution in [0.15, 0.2) is 42.6 Å². The van der Waals surface area contributed by atoms with Crippen molar-refractivity contribution in [1.29, 1.82) is 0 Å². The number of hydrogen-bond acceptors (Lipinski definition) is 4. The molecule has 0 unspecified atom stereocenters. The summed E-state index contributed by atoms with van der Waals surface area (Å²) < 4.78 is 10.5. The Morgan fingerprint density at radius 2 is 2.00 bits per heavy atom. The highest BCUT2D eigenvalue weighted by Crippen LogP contribution is 2.16. The second-order valence-corrected chi connectivity index (χ2v) is 6.36. The van der Waals surface area contributed by atoms with Gasteiger partial charge >= 0.3 is 6.09 Å². The van der Waals surface area contributed by atoms with Crippen LogP contribution < -0.4 is 10.1 Å². The first-order chi connectivity index (χ1) is 11.9. The average molecular weight is 338 g/mol. The molecule has 5 nitrogen and oxygen atoms in total. The highest BCUT2D eigenvalue weighted by molar-refractivity contribution is 5.83. The van der Waals surface area contributed by atoms with E-state index in [0.29, 0.717) is 12.2 Å². The highest BCUT2D eigenvalue weighted by atomic mass is 16.6. The topological polar surface area (TPSA) is 60.5 Å². The number of amides is 1. The summed E-state index contributed by atoms with van der Waals surface area (Å²) in [6.45, 7) is 5.43. The predicted octanol–water partition coefficient (Wildman–Crippen LogP) is 4.03. The van der Waals surface area contributed by atoms with Gasteiger partial charge in [0.15, 0.2) is 0 Å². The Morgan fingerprint density at radius 3 is 2.72 bits per heavy atom. The molecule has 1 aromatic heterocycles. The Bertz CT molecular complexity index is 798. The number of ether oxygens (including phenoxy) is 2. The zero-order valence-electron chi connectivity index (χ0n) is 14.9. The molecule has 0 radical (unpaired) electrons. The minimum absolute atomic E-state index is 0.436. The first-order valence-corrected chi connectivity index (χ1v) is 7.94. The molecule has 0 bridgehead atoms. The minimum Gasteiger partial charge on any atom is -0.495 e. The molecule has 2 rings (SSSR count). The van der Waals surface area contributed by atoms with E-state index in [0.717, 1.165) is 16.9 Å². The van der Waals surface area contributed by atoms with Crippen LogP contribution >= 0.6 is 0 Å². The van der Waals surface area contributed by atoms with Crippen molar-refractivity contribution in [3.8, 4) is 17.6 Å². The number of carbonyl (C=O) groups is 1. The quantitative estimate of drug-likeness (QED) is 0.858. The third-order valence-corrected chi connectivity index (χ3v) is 3.08. The van der Waals surface area contributed by atoms with Gasteiger partial charge in [-0.1, -0.05) is 24.0 Å². The van der Waals surface area contributed by atoms with Gasteiger partial charge in [0.1, 0.15) is 17.2 Å². The molecule has 0 saturated heterocycles. The molecule has 0 atom stereocenters.